The van der Waals surface area contributed by atoms with E-state index in [-0.39, 0.29) is 11.9 Å². The van der Waals surface area contributed by atoms with Crippen LogP contribution < -0.4 is 14.8 Å². The number of benzene rings is 1. The molecular formula is C20H25N3O3. The topological polar surface area (TPSA) is 73.3 Å². The summed E-state index contributed by atoms with van der Waals surface area (Å²) in [5.74, 6) is 2.19. The number of fused-ring (bicyclic) bond motifs is 1. The Bertz CT molecular complexity index is 792. The van der Waals surface area contributed by atoms with Crippen molar-refractivity contribution >= 4 is 5.91 Å². The van der Waals surface area contributed by atoms with Crippen molar-refractivity contribution in [1.82, 2.24) is 15.3 Å². The van der Waals surface area contributed by atoms with E-state index >= 15 is 0 Å². The Balaban J connectivity index is 1.60. The molecule has 26 heavy (non-hydrogen) atoms. The van der Waals surface area contributed by atoms with Crippen LogP contribution in [-0.2, 0) is 17.6 Å². The molecule has 1 heterocycles. The zero-order valence-electron chi connectivity index (χ0n) is 15.5. The third-order valence-electron chi connectivity index (χ3n) is 4.73. The maximum atomic E-state index is 12.4. The predicted molar refractivity (Wildman–Crippen MR) is 98.5 cm³/mol. The summed E-state index contributed by atoms with van der Waals surface area (Å²) in [5.41, 5.74) is 3.16. The van der Waals surface area contributed by atoms with E-state index in [9.17, 15) is 4.79 Å². The minimum absolute atomic E-state index is 0.0113. The lowest BCUT2D eigenvalue weighted by atomic mass is 9.92. The molecule has 0 unspecified atom stereocenters. The average Bonchev–Trinajstić information content (AvgIpc) is 2.66. The van der Waals surface area contributed by atoms with Crippen LogP contribution >= 0.6 is 0 Å². The van der Waals surface area contributed by atoms with Gasteiger partial charge in [0.1, 0.15) is 5.82 Å². The van der Waals surface area contributed by atoms with Gasteiger partial charge in [0.15, 0.2) is 11.5 Å². The number of nitrogens with one attached hydrogen (secondary N) is 1. The van der Waals surface area contributed by atoms with Gasteiger partial charge in [-0.2, -0.15) is 0 Å². The first kappa shape index (κ1) is 18.2. The maximum absolute atomic E-state index is 12.4. The molecule has 0 fully saturated rings. The molecule has 0 saturated heterocycles. The Morgan fingerprint density at radius 1 is 1.27 bits per heavy atom. The van der Waals surface area contributed by atoms with Gasteiger partial charge in [-0.1, -0.05) is 6.07 Å². The summed E-state index contributed by atoms with van der Waals surface area (Å²) in [6, 6.07) is 5.75. The molecule has 6 heteroatoms. The first-order valence-electron chi connectivity index (χ1n) is 8.93. The van der Waals surface area contributed by atoms with E-state index in [1.807, 2.05) is 31.3 Å². The van der Waals surface area contributed by atoms with Gasteiger partial charge >= 0.3 is 0 Å². The van der Waals surface area contributed by atoms with Crippen LogP contribution in [0.5, 0.6) is 11.5 Å². The Morgan fingerprint density at radius 2 is 2.08 bits per heavy atom. The standard InChI is InChI=1S/C20H25N3O3/c1-13-21-12-15-16(22-13)5-4-6-17(15)23-20(24)10-8-14-7-9-18(25-2)19(11-14)26-3/h7,9,11-12,17H,4-6,8,10H2,1-3H3,(H,23,24)/t17-/m0/s1. The highest BCUT2D eigenvalue weighted by molar-refractivity contribution is 5.76. The van der Waals surface area contributed by atoms with E-state index in [0.717, 1.165) is 41.9 Å². The minimum atomic E-state index is 0.0113. The lowest BCUT2D eigenvalue weighted by Crippen LogP contribution is -2.31. The van der Waals surface area contributed by atoms with Gasteiger partial charge in [-0.3, -0.25) is 4.79 Å². The van der Waals surface area contributed by atoms with Crippen LogP contribution in [0.4, 0.5) is 0 Å². The molecule has 1 aromatic heterocycles. The molecule has 0 saturated carbocycles. The highest BCUT2D eigenvalue weighted by atomic mass is 16.5. The van der Waals surface area contributed by atoms with E-state index in [1.54, 1.807) is 14.2 Å². The quantitative estimate of drug-likeness (QED) is 0.862. The lowest BCUT2D eigenvalue weighted by molar-refractivity contribution is -0.121. The summed E-state index contributed by atoms with van der Waals surface area (Å²) >= 11 is 0. The third kappa shape index (κ3) is 4.12. The van der Waals surface area contributed by atoms with Crippen molar-refractivity contribution < 1.29 is 14.3 Å². The monoisotopic (exact) mass is 355 g/mol. The normalized spacial score (nSPS) is 15.9. The molecule has 138 valence electrons. The van der Waals surface area contributed by atoms with Gasteiger partial charge in [0.25, 0.3) is 0 Å². The molecule has 1 N–H and O–H groups in total. The largest absolute Gasteiger partial charge is 0.493 e. The van der Waals surface area contributed by atoms with E-state index < -0.39 is 0 Å². The molecule has 1 aromatic carbocycles. The fourth-order valence-electron chi connectivity index (χ4n) is 3.36. The van der Waals surface area contributed by atoms with Crippen LogP contribution in [0.3, 0.4) is 0 Å². The molecule has 0 spiro atoms. The number of nitrogens with zero attached hydrogens (tertiary/aromatic N) is 2. The van der Waals surface area contributed by atoms with Crippen LogP contribution in [0, 0.1) is 6.92 Å². The smallest absolute Gasteiger partial charge is 0.220 e. The zero-order chi connectivity index (χ0) is 18.5. The molecule has 3 rings (SSSR count). The van der Waals surface area contributed by atoms with Gasteiger partial charge in [0.05, 0.1) is 20.3 Å². The second-order valence-corrected chi connectivity index (χ2v) is 6.52. The highest BCUT2D eigenvalue weighted by Gasteiger charge is 2.23. The summed E-state index contributed by atoms with van der Waals surface area (Å²) in [4.78, 5) is 21.2. The molecule has 0 radical (unpaired) electrons. The zero-order valence-corrected chi connectivity index (χ0v) is 15.5. The third-order valence-corrected chi connectivity index (χ3v) is 4.73. The lowest BCUT2D eigenvalue weighted by Gasteiger charge is -2.25. The van der Waals surface area contributed by atoms with Crippen molar-refractivity contribution in [3.05, 3.63) is 47.0 Å². The first-order valence-corrected chi connectivity index (χ1v) is 8.93. The van der Waals surface area contributed by atoms with Crippen LogP contribution in [0.15, 0.2) is 24.4 Å². The molecular weight excluding hydrogens is 330 g/mol. The molecule has 2 aromatic rings. The van der Waals surface area contributed by atoms with Gasteiger partial charge in [-0.15, -0.1) is 0 Å². The van der Waals surface area contributed by atoms with Crippen LogP contribution in [-0.4, -0.2) is 30.1 Å². The number of hydrogen-bond acceptors (Lipinski definition) is 5. The number of methoxy groups -OCH3 is 2. The van der Waals surface area contributed by atoms with Crippen molar-refractivity contribution in [3.63, 3.8) is 0 Å². The number of aromatic nitrogens is 2. The Kier molecular flexibility index (Phi) is 5.71. The Hall–Kier alpha value is -2.63. The molecule has 1 aliphatic rings. The number of carbonyl (C=O) groups excluding carboxylic acids is 1. The number of carbonyl (C=O) groups is 1. The van der Waals surface area contributed by atoms with Crippen molar-refractivity contribution in [1.29, 1.82) is 0 Å². The number of rotatable bonds is 6. The number of amides is 1. The van der Waals surface area contributed by atoms with Crippen LogP contribution in [0.1, 0.15) is 47.9 Å². The van der Waals surface area contributed by atoms with Gasteiger partial charge in [-0.05, 0) is 50.3 Å². The minimum Gasteiger partial charge on any atom is -0.493 e. The Labute approximate surface area is 154 Å². The highest BCUT2D eigenvalue weighted by Crippen LogP contribution is 2.29. The van der Waals surface area contributed by atoms with Gasteiger partial charge in [0, 0.05) is 23.9 Å². The van der Waals surface area contributed by atoms with Crippen molar-refractivity contribution in [2.75, 3.05) is 14.2 Å². The van der Waals surface area contributed by atoms with Crippen LogP contribution in [0.2, 0.25) is 0 Å². The Morgan fingerprint density at radius 3 is 2.85 bits per heavy atom. The summed E-state index contributed by atoms with van der Waals surface area (Å²) in [5, 5.41) is 3.14. The van der Waals surface area contributed by atoms with Crippen molar-refractivity contribution in [2.24, 2.45) is 0 Å². The average molecular weight is 355 g/mol. The number of hydrogen-bond donors (Lipinski definition) is 1. The molecule has 1 amide bonds. The van der Waals surface area contributed by atoms with E-state index in [4.69, 9.17) is 9.47 Å². The molecule has 1 atom stereocenters. The summed E-state index contributed by atoms with van der Waals surface area (Å²) in [6.07, 6.45) is 5.85. The van der Waals surface area contributed by atoms with Crippen molar-refractivity contribution in [3.8, 4) is 11.5 Å². The predicted octanol–water partition coefficient (Wildman–Crippen LogP) is 2.93. The number of ether oxygens (including phenoxy) is 2. The summed E-state index contributed by atoms with van der Waals surface area (Å²) in [6.45, 7) is 1.89. The SMILES string of the molecule is COc1ccc(CCC(=O)N[C@H]2CCCc3nc(C)ncc32)cc1OC. The van der Waals surface area contributed by atoms with E-state index in [0.29, 0.717) is 24.3 Å². The fraction of sp³-hybridized carbons (Fsp3) is 0.450. The molecule has 0 bridgehead atoms. The summed E-state index contributed by atoms with van der Waals surface area (Å²) in [7, 11) is 3.22. The van der Waals surface area contributed by atoms with Gasteiger partial charge < -0.3 is 14.8 Å². The fourth-order valence-corrected chi connectivity index (χ4v) is 3.36. The maximum Gasteiger partial charge on any atom is 0.220 e. The second kappa shape index (κ2) is 8.17. The molecule has 0 aliphatic heterocycles. The molecule has 1 aliphatic carbocycles. The van der Waals surface area contributed by atoms with Gasteiger partial charge in [-0.25, -0.2) is 9.97 Å². The van der Waals surface area contributed by atoms with Crippen LogP contribution in [0.25, 0.3) is 0 Å². The van der Waals surface area contributed by atoms with Crippen molar-refractivity contribution in [2.45, 2.75) is 45.1 Å². The first-order chi connectivity index (χ1) is 12.6. The van der Waals surface area contributed by atoms with E-state index in [2.05, 4.69) is 15.3 Å². The number of aryl methyl sites for hydroxylation is 3. The van der Waals surface area contributed by atoms with Gasteiger partial charge in [0.2, 0.25) is 5.91 Å². The summed E-state index contributed by atoms with van der Waals surface area (Å²) < 4.78 is 10.6. The second-order valence-electron chi connectivity index (χ2n) is 6.52. The molecule has 6 nitrogen and oxygen atoms in total. The van der Waals surface area contributed by atoms with E-state index in [1.165, 1.54) is 0 Å².